The summed E-state index contributed by atoms with van der Waals surface area (Å²) in [7, 11) is -1.98. The van der Waals surface area contributed by atoms with Crippen molar-refractivity contribution in [1.82, 2.24) is 5.20 Å². The molecule has 0 aliphatic heterocycles. The molecule has 0 fully saturated rings. The summed E-state index contributed by atoms with van der Waals surface area (Å²) in [6, 6.07) is 9.30. The van der Waals surface area contributed by atoms with Crippen molar-refractivity contribution in [3.63, 3.8) is 0 Å². The molecule has 1 atom stereocenters. The number of rotatable bonds is 9. The number of anilines is 1. The van der Waals surface area contributed by atoms with Crippen molar-refractivity contribution in [2.45, 2.75) is 6.92 Å². The molecule has 25 heavy (non-hydrogen) atoms. The number of nitrogens with zero attached hydrogens (tertiary/aromatic N) is 2. The Hall–Kier alpha value is -2.84. The SMILES string of the molecule is CCOP(=O)(N/N=C/c1ccc([N+](=O)[O-])o1)Nc1ccc(OC)cc1. The maximum atomic E-state index is 12.7. The minimum absolute atomic E-state index is 0.131. The molecule has 0 saturated heterocycles. The Bertz CT molecular complexity index is 789. The molecule has 0 amide bonds. The van der Waals surface area contributed by atoms with Crippen LogP contribution in [0.3, 0.4) is 0 Å². The number of nitrogens with one attached hydrogen (secondary N) is 2. The van der Waals surface area contributed by atoms with Gasteiger partial charge in [0.1, 0.15) is 10.7 Å². The van der Waals surface area contributed by atoms with Crippen LogP contribution < -0.4 is 15.0 Å². The van der Waals surface area contributed by atoms with E-state index in [-0.39, 0.29) is 12.4 Å². The van der Waals surface area contributed by atoms with Crippen molar-refractivity contribution in [1.29, 1.82) is 0 Å². The molecule has 1 heterocycles. The molecule has 0 bridgehead atoms. The van der Waals surface area contributed by atoms with Crippen LogP contribution in [0.1, 0.15) is 12.7 Å². The van der Waals surface area contributed by atoms with Gasteiger partial charge in [0.15, 0.2) is 5.76 Å². The first-order chi connectivity index (χ1) is 12.0. The zero-order valence-corrected chi connectivity index (χ0v) is 14.4. The maximum absolute atomic E-state index is 12.7. The molecule has 0 radical (unpaired) electrons. The van der Waals surface area contributed by atoms with Gasteiger partial charge in [0.25, 0.3) is 0 Å². The van der Waals surface area contributed by atoms with Gasteiger partial charge in [-0.25, -0.2) is 9.76 Å². The Kier molecular flexibility index (Phi) is 6.15. The fourth-order valence-corrected chi connectivity index (χ4v) is 3.02. The largest absolute Gasteiger partial charge is 0.497 e. The van der Waals surface area contributed by atoms with E-state index in [1.54, 1.807) is 38.3 Å². The molecular weight excluding hydrogens is 351 g/mol. The van der Waals surface area contributed by atoms with Crippen LogP contribution in [0.2, 0.25) is 0 Å². The second kappa shape index (κ2) is 8.32. The van der Waals surface area contributed by atoms with Gasteiger partial charge in [0.05, 0.1) is 26.0 Å². The molecule has 0 aliphatic carbocycles. The molecule has 2 aromatic rings. The van der Waals surface area contributed by atoms with Gasteiger partial charge >= 0.3 is 13.6 Å². The van der Waals surface area contributed by atoms with E-state index in [1.165, 1.54) is 12.1 Å². The van der Waals surface area contributed by atoms with Crippen molar-refractivity contribution < 1.29 is 23.2 Å². The highest BCUT2D eigenvalue weighted by Crippen LogP contribution is 2.42. The van der Waals surface area contributed by atoms with Crippen molar-refractivity contribution in [3.8, 4) is 5.75 Å². The number of ether oxygens (including phenoxy) is 1. The van der Waals surface area contributed by atoms with Gasteiger partial charge in [-0.15, -0.1) is 0 Å². The van der Waals surface area contributed by atoms with Crippen LogP contribution in [0.4, 0.5) is 11.6 Å². The Balaban J connectivity index is 2.05. The van der Waals surface area contributed by atoms with Gasteiger partial charge in [0.2, 0.25) is 0 Å². The smallest absolute Gasteiger partial charge is 0.433 e. The number of hydrogen-bond acceptors (Lipinski definition) is 7. The Labute approximate surface area is 143 Å². The van der Waals surface area contributed by atoms with Crippen molar-refractivity contribution in [2.75, 3.05) is 18.8 Å². The minimum Gasteiger partial charge on any atom is -0.497 e. The van der Waals surface area contributed by atoms with E-state index >= 15 is 0 Å². The van der Waals surface area contributed by atoms with Crippen LogP contribution in [0.5, 0.6) is 5.75 Å². The third-order valence-electron chi connectivity index (χ3n) is 2.85. The second-order valence-corrected chi connectivity index (χ2v) is 6.39. The zero-order chi connectivity index (χ0) is 18.3. The van der Waals surface area contributed by atoms with Crippen LogP contribution in [0.15, 0.2) is 45.9 Å². The summed E-state index contributed by atoms with van der Waals surface area (Å²) in [5, 5.41) is 19.4. The van der Waals surface area contributed by atoms with Crippen LogP contribution in [-0.4, -0.2) is 24.9 Å². The van der Waals surface area contributed by atoms with Crippen molar-refractivity contribution in [3.05, 3.63) is 52.3 Å². The lowest BCUT2D eigenvalue weighted by Crippen LogP contribution is -2.13. The Morgan fingerprint density at radius 1 is 1.32 bits per heavy atom. The summed E-state index contributed by atoms with van der Waals surface area (Å²) in [6.45, 7) is 1.86. The Morgan fingerprint density at radius 3 is 2.60 bits per heavy atom. The van der Waals surface area contributed by atoms with Crippen molar-refractivity contribution >= 4 is 25.5 Å². The number of methoxy groups -OCH3 is 1. The second-order valence-electron chi connectivity index (χ2n) is 4.60. The monoisotopic (exact) mass is 368 g/mol. The zero-order valence-electron chi connectivity index (χ0n) is 13.5. The highest BCUT2D eigenvalue weighted by molar-refractivity contribution is 7.58. The first-order valence-electron chi connectivity index (χ1n) is 7.17. The Morgan fingerprint density at radius 2 is 2.04 bits per heavy atom. The minimum atomic E-state index is -3.53. The molecular formula is C14H17N4O6P. The quantitative estimate of drug-likeness (QED) is 0.298. The molecule has 1 aromatic carbocycles. The van der Waals surface area contributed by atoms with Crippen LogP contribution in [-0.2, 0) is 9.09 Å². The van der Waals surface area contributed by atoms with E-state index in [0.29, 0.717) is 11.4 Å². The molecule has 10 nitrogen and oxygen atoms in total. The fraction of sp³-hybridized carbons (Fsp3) is 0.214. The highest BCUT2D eigenvalue weighted by atomic mass is 31.2. The molecule has 0 saturated carbocycles. The van der Waals surface area contributed by atoms with E-state index in [0.717, 1.165) is 6.21 Å². The standard InChI is InChI=1S/C14H17N4O6P/c1-3-23-25(21,16-11-4-6-12(22-2)7-5-11)17-15-10-13-8-9-14(24-13)18(19)20/h4-10H,3H2,1-2H3,(H2,16,17,21)/b15-10+. The van der Waals surface area contributed by atoms with E-state index < -0.39 is 18.5 Å². The number of furan rings is 1. The van der Waals surface area contributed by atoms with Crippen LogP contribution >= 0.6 is 7.67 Å². The lowest BCUT2D eigenvalue weighted by molar-refractivity contribution is -0.402. The van der Waals surface area contributed by atoms with E-state index in [1.807, 2.05) is 0 Å². The predicted molar refractivity (Wildman–Crippen MR) is 91.9 cm³/mol. The number of hydrogen-bond donors (Lipinski definition) is 2. The predicted octanol–water partition coefficient (Wildman–Crippen LogP) is 3.38. The summed E-state index contributed by atoms with van der Waals surface area (Å²) in [5.74, 6) is 0.375. The lowest BCUT2D eigenvalue weighted by Gasteiger charge is -2.18. The maximum Gasteiger partial charge on any atom is 0.433 e. The summed E-state index contributed by atoms with van der Waals surface area (Å²) in [5.41, 5.74) is 0.536. The fourth-order valence-electron chi connectivity index (χ4n) is 1.78. The summed E-state index contributed by atoms with van der Waals surface area (Å²) in [4.78, 5) is 9.88. The summed E-state index contributed by atoms with van der Waals surface area (Å²) < 4.78 is 27.9. The van der Waals surface area contributed by atoms with Crippen LogP contribution in [0, 0.1) is 10.1 Å². The normalized spacial score (nSPS) is 13.4. The first-order valence-corrected chi connectivity index (χ1v) is 8.79. The number of nitro groups is 1. The molecule has 1 aromatic heterocycles. The highest BCUT2D eigenvalue weighted by Gasteiger charge is 2.22. The number of benzene rings is 1. The van der Waals surface area contributed by atoms with Gasteiger partial charge in [-0.05, 0) is 37.3 Å². The molecule has 0 spiro atoms. The molecule has 1 unspecified atom stereocenters. The van der Waals surface area contributed by atoms with Gasteiger partial charge < -0.3 is 9.15 Å². The van der Waals surface area contributed by atoms with Gasteiger partial charge in [0, 0.05) is 5.69 Å². The molecule has 0 aliphatic rings. The third-order valence-corrected chi connectivity index (χ3v) is 4.40. The molecule has 2 N–H and O–H groups in total. The topological polar surface area (TPSA) is 128 Å². The van der Waals surface area contributed by atoms with Gasteiger partial charge in [-0.2, -0.15) is 5.10 Å². The van der Waals surface area contributed by atoms with Crippen LogP contribution in [0.25, 0.3) is 0 Å². The van der Waals surface area contributed by atoms with Gasteiger partial charge in [-0.3, -0.25) is 19.7 Å². The summed E-state index contributed by atoms with van der Waals surface area (Å²) >= 11 is 0. The first kappa shape index (κ1) is 18.5. The van der Waals surface area contributed by atoms with E-state index in [9.17, 15) is 14.7 Å². The third kappa shape index (κ3) is 5.33. The molecule has 11 heteroatoms. The van der Waals surface area contributed by atoms with E-state index in [4.69, 9.17) is 13.7 Å². The van der Waals surface area contributed by atoms with E-state index in [2.05, 4.69) is 15.4 Å². The summed E-state index contributed by atoms with van der Waals surface area (Å²) in [6.07, 6.45) is 1.16. The molecule has 2 rings (SSSR count). The average molecular weight is 368 g/mol. The lowest BCUT2D eigenvalue weighted by atomic mass is 10.3. The molecule has 134 valence electrons. The number of hydrazone groups is 1. The average Bonchev–Trinajstić information content (AvgIpc) is 3.05. The van der Waals surface area contributed by atoms with Crippen molar-refractivity contribution in [2.24, 2.45) is 5.10 Å². The van der Waals surface area contributed by atoms with Gasteiger partial charge in [-0.1, -0.05) is 0 Å².